The van der Waals surface area contributed by atoms with Crippen LogP contribution in [0.15, 0.2) is 23.1 Å². The Morgan fingerprint density at radius 3 is 2.40 bits per heavy atom. The Balaban J connectivity index is 2.62. The first-order valence-electron chi connectivity index (χ1n) is 5.73. The first-order chi connectivity index (χ1) is 9.15. The normalized spacial score (nSPS) is 12.3. The molecule has 0 N–H and O–H groups in total. The number of halogens is 2. The number of ether oxygens (including phenoxy) is 1. The highest BCUT2D eigenvalue weighted by molar-refractivity contribution is 8.13. The zero-order valence-corrected chi connectivity index (χ0v) is 13.1. The second-order valence-electron chi connectivity index (χ2n) is 3.97. The van der Waals surface area contributed by atoms with Gasteiger partial charge in [-0.2, -0.15) is 0 Å². The summed E-state index contributed by atoms with van der Waals surface area (Å²) in [4.78, 5) is -0.363. The van der Waals surface area contributed by atoms with E-state index < -0.39 is 24.7 Å². The van der Waals surface area contributed by atoms with Crippen LogP contribution in [0.2, 0.25) is 0 Å². The molecule has 0 atom stereocenters. The molecule has 20 heavy (non-hydrogen) atoms. The Morgan fingerprint density at radius 1 is 1.25 bits per heavy atom. The van der Waals surface area contributed by atoms with Gasteiger partial charge in [0.2, 0.25) is 0 Å². The Labute approximate surface area is 122 Å². The molecule has 0 aliphatic heterocycles. The van der Waals surface area contributed by atoms with Crippen molar-refractivity contribution in [2.75, 3.05) is 18.1 Å². The maximum atomic E-state index is 13.5. The van der Waals surface area contributed by atoms with Crippen molar-refractivity contribution in [2.24, 2.45) is 0 Å². The summed E-state index contributed by atoms with van der Waals surface area (Å²) in [6, 6.07) is 3.00. The van der Waals surface area contributed by atoms with Gasteiger partial charge in [-0.15, -0.1) is 0 Å². The second-order valence-corrected chi connectivity index (χ2v) is 9.01. The number of hydrogen-bond donors (Lipinski definition) is 0. The quantitative estimate of drug-likeness (QED) is 0.558. The van der Waals surface area contributed by atoms with Crippen LogP contribution >= 0.6 is 10.7 Å². The third kappa shape index (κ3) is 5.26. The van der Waals surface area contributed by atoms with Crippen LogP contribution in [0.25, 0.3) is 0 Å². The van der Waals surface area contributed by atoms with Gasteiger partial charge in [-0.05, 0) is 24.6 Å². The molecule has 1 rings (SSSR count). The molecule has 0 saturated heterocycles. The predicted molar refractivity (Wildman–Crippen MR) is 73.9 cm³/mol. The summed E-state index contributed by atoms with van der Waals surface area (Å²) in [7, 11) is -2.00. The van der Waals surface area contributed by atoms with Crippen molar-refractivity contribution >= 4 is 29.6 Å². The summed E-state index contributed by atoms with van der Waals surface area (Å²) < 4.78 is 63.0. The average molecular weight is 345 g/mol. The van der Waals surface area contributed by atoms with Gasteiger partial charge in [-0.3, -0.25) is 0 Å². The molecule has 0 spiro atoms. The van der Waals surface area contributed by atoms with E-state index >= 15 is 0 Å². The summed E-state index contributed by atoms with van der Waals surface area (Å²) in [5, 5.41) is 0. The van der Waals surface area contributed by atoms with E-state index in [-0.39, 0.29) is 35.2 Å². The van der Waals surface area contributed by atoms with Crippen LogP contribution in [0.1, 0.15) is 13.3 Å². The lowest BCUT2D eigenvalue weighted by atomic mass is 10.3. The molecule has 0 aliphatic rings. The molecule has 0 heterocycles. The SMILES string of the molecule is CCS(=O)(=O)CCCOc1ccc(S(=O)(=O)Cl)cc1F. The van der Waals surface area contributed by atoms with E-state index in [1.165, 1.54) is 0 Å². The molecule has 0 amide bonds. The van der Waals surface area contributed by atoms with Gasteiger partial charge in [0, 0.05) is 16.4 Å². The molecule has 0 saturated carbocycles. The van der Waals surface area contributed by atoms with Gasteiger partial charge in [0.25, 0.3) is 9.05 Å². The highest BCUT2D eigenvalue weighted by Crippen LogP contribution is 2.23. The molecule has 5 nitrogen and oxygen atoms in total. The van der Waals surface area contributed by atoms with Crippen molar-refractivity contribution in [3.05, 3.63) is 24.0 Å². The zero-order valence-electron chi connectivity index (χ0n) is 10.7. The Bertz CT molecular complexity index is 670. The molecular weight excluding hydrogens is 331 g/mol. The first-order valence-corrected chi connectivity index (χ1v) is 9.86. The lowest BCUT2D eigenvalue weighted by Crippen LogP contribution is -2.12. The van der Waals surface area contributed by atoms with Gasteiger partial charge < -0.3 is 4.74 Å². The predicted octanol–water partition coefficient (Wildman–Crippen LogP) is 1.96. The third-order valence-electron chi connectivity index (χ3n) is 2.48. The zero-order chi connectivity index (χ0) is 15.4. The van der Waals surface area contributed by atoms with Crippen LogP contribution < -0.4 is 4.74 Å². The maximum Gasteiger partial charge on any atom is 0.261 e. The Kier molecular flexibility index (Phi) is 5.79. The summed E-state index contributed by atoms with van der Waals surface area (Å²) in [5.74, 6) is -1.02. The van der Waals surface area contributed by atoms with Gasteiger partial charge in [0.05, 0.1) is 17.3 Å². The molecule has 0 unspecified atom stereocenters. The monoisotopic (exact) mass is 344 g/mol. The number of hydrogen-bond acceptors (Lipinski definition) is 5. The lowest BCUT2D eigenvalue weighted by molar-refractivity contribution is 0.301. The average Bonchev–Trinajstić information content (AvgIpc) is 2.35. The maximum absolute atomic E-state index is 13.5. The van der Waals surface area contributed by atoms with Crippen molar-refractivity contribution < 1.29 is 26.0 Å². The summed E-state index contributed by atoms with van der Waals surface area (Å²) in [6.45, 7) is 1.56. The topological polar surface area (TPSA) is 77.5 Å². The minimum Gasteiger partial charge on any atom is -0.490 e. The van der Waals surface area contributed by atoms with Crippen LogP contribution in [0.3, 0.4) is 0 Å². The van der Waals surface area contributed by atoms with Crippen molar-refractivity contribution in [1.29, 1.82) is 0 Å². The fourth-order valence-electron chi connectivity index (χ4n) is 1.36. The number of benzene rings is 1. The summed E-state index contributed by atoms with van der Waals surface area (Å²) in [5.41, 5.74) is 0. The summed E-state index contributed by atoms with van der Waals surface area (Å²) in [6.07, 6.45) is 0.227. The smallest absolute Gasteiger partial charge is 0.261 e. The van der Waals surface area contributed by atoms with Gasteiger partial charge in [-0.25, -0.2) is 21.2 Å². The van der Waals surface area contributed by atoms with Crippen LogP contribution in [-0.2, 0) is 18.9 Å². The highest BCUT2D eigenvalue weighted by Gasteiger charge is 2.14. The van der Waals surface area contributed by atoms with E-state index in [4.69, 9.17) is 15.4 Å². The third-order valence-corrected chi connectivity index (χ3v) is 5.62. The Morgan fingerprint density at radius 2 is 1.90 bits per heavy atom. The first kappa shape index (κ1) is 17.2. The molecule has 1 aromatic carbocycles. The standard InChI is InChI=1S/C11H14ClFO5S2/c1-2-19(14,15)7-3-6-18-11-5-4-9(8-10(11)13)20(12,16)17/h4-5,8H,2-3,6-7H2,1H3. The fourth-order valence-corrected chi connectivity index (χ4v) is 2.96. The Hall–Kier alpha value is -0.860. The molecular formula is C11H14ClFO5S2. The fraction of sp³-hybridized carbons (Fsp3) is 0.455. The van der Waals surface area contributed by atoms with E-state index in [1.807, 2.05) is 0 Å². The molecule has 0 aliphatic carbocycles. The number of rotatable bonds is 7. The molecule has 0 bridgehead atoms. The molecule has 9 heteroatoms. The molecule has 0 fully saturated rings. The minimum atomic E-state index is -3.99. The van der Waals surface area contributed by atoms with E-state index in [2.05, 4.69) is 0 Å². The van der Waals surface area contributed by atoms with Crippen molar-refractivity contribution in [1.82, 2.24) is 0 Å². The highest BCUT2D eigenvalue weighted by atomic mass is 35.7. The van der Waals surface area contributed by atoms with Crippen LogP contribution in [0.4, 0.5) is 4.39 Å². The van der Waals surface area contributed by atoms with E-state index in [0.29, 0.717) is 0 Å². The van der Waals surface area contributed by atoms with E-state index in [0.717, 1.165) is 18.2 Å². The molecule has 0 aromatic heterocycles. The van der Waals surface area contributed by atoms with Crippen molar-refractivity contribution in [2.45, 2.75) is 18.2 Å². The van der Waals surface area contributed by atoms with Gasteiger partial charge in [0.15, 0.2) is 11.6 Å². The molecule has 1 aromatic rings. The van der Waals surface area contributed by atoms with Gasteiger partial charge in [0.1, 0.15) is 9.84 Å². The van der Waals surface area contributed by atoms with Crippen LogP contribution in [0.5, 0.6) is 5.75 Å². The number of sulfone groups is 1. The van der Waals surface area contributed by atoms with Crippen LogP contribution in [0, 0.1) is 5.82 Å². The second kappa shape index (κ2) is 6.73. The van der Waals surface area contributed by atoms with Crippen LogP contribution in [-0.4, -0.2) is 34.9 Å². The van der Waals surface area contributed by atoms with Gasteiger partial charge >= 0.3 is 0 Å². The van der Waals surface area contributed by atoms with E-state index in [1.54, 1.807) is 6.92 Å². The largest absolute Gasteiger partial charge is 0.490 e. The lowest BCUT2D eigenvalue weighted by Gasteiger charge is -2.08. The minimum absolute atomic E-state index is 0.0170. The summed E-state index contributed by atoms with van der Waals surface area (Å²) >= 11 is 0. The van der Waals surface area contributed by atoms with Crippen molar-refractivity contribution in [3.8, 4) is 5.75 Å². The van der Waals surface area contributed by atoms with Gasteiger partial charge in [-0.1, -0.05) is 6.92 Å². The molecule has 114 valence electrons. The molecule has 0 radical (unpaired) electrons. The van der Waals surface area contributed by atoms with E-state index in [9.17, 15) is 21.2 Å². The van der Waals surface area contributed by atoms with Crippen molar-refractivity contribution in [3.63, 3.8) is 0 Å².